The minimum absolute atomic E-state index is 0.224. The largest absolute Gasteiger partial charge is 0.391 e. The molecule has 112 valence electrons. The molecule has 0 aliphatic heterocycles. The molecule has 0 heterocycles. The fourth-order valence-electron chi connectivity index (χ4n) is 4.54. The summed E-state index contributed by atoms with van der Waals surface area (Å²) in [6.07, 6.45) is 9.11. The van der Waals surface area contributed by atoms with E-state index in [2.05, 4.69) is 12.2 Å². The van der Waals surface area contributed by atoms with Gasteiger partial charge in [0, 0.05) is 5.92 Å². The van der Waals surface area contributed by atoms with Gasteiger partial charge in [0.2, 0.25) is 5.91 Å². The highest BCUT2D eigenvalue weighted by molar-refractivity contribution is 7.80. The Labute approximate surface area is 127 Å². The summed E-state index contributed by atoms with van der Waals surface area (Å²) >= 11 is 5.29. The summed E-state index contributed by atoms with van der Waals surface area (Å²) in [6.45, 7) is 2.24. The maximum atomic E-state index is 12.5. The summed E-state index contributed by atoms with van der Waals surface area (Å²) in [5.74, 6) is 2.58. The molecule has 0 aromatic carbocycles. The molecule has 2 unspecified atom stereocenters. The lowest BCUT2D eigenvalue weighted by Crippen LogP contribution is -2.58. The molecule has 3 saturated carbocycles. The maximum absolute atomic E-state index is 12.5. The van der Waals surface area contributed by atoms with Crippen LogP contribution in [0.25, 0.3) is 0 Å². The van der Waals surface area contributed by atoms with E-state index in [4.69, 9.17) is 18.0 Å². The molecule has 0 spiro atoms. The lowest BCUT2D eigenvalue weighted by Gasteiger charge is -2.40. The van der Waals surface area contributed by atoms with E-state index in [0.717, 1.165) is 31.6 Å². The molecule has 3 rings (SSSR count). The van der Waals surface area contributed by atoms with Gasteiger partial charge in [0.1, 0.15) is 0 Å². The minimum atomic E-state index is -0.394. The van der Waals surface area contributed by atoms with Crippen LogP contribution in [0.3, 0.4) is 0 Å². The quantitative estimate of drug-likeness (QED) is 0.784. The Kier molecular flexibility index (Phi) is 3.78. The van der Waals surface area contributed by atoms with Gasteiger partial charge in [-0.05, 0) is 56.3 Å². The average Bonchev–Trinajstić information content (AvgIpc) is 2.93. The van der Waals surface area contributed by atoms with Crippen LogP contribution in [0.4, 0.5) is 0 Å². The number of thiocarbonyl (C=S) groups is 1. The molecule has 4 heteroatoms. The zero-order valence-electron chi connectivity index (χ0n) is 12.4. The van der Waals surface area contributed by atoms with E-state index < -0.39 is 5.54 Å². The molecule has 0 aromatic heterocycles. The van der Waals surface area contributed by atoms with E-state index in [1.54, 1.807) is 0 Å². The molecule has 2 atom stereocenters. The SMILES string of the molecule is CCC1CCC(NC(=O)C2C3CCCC32)(C(N)=S)CC1. The Bertz CT molecular complexity index is 405. The van der Waals surface area contributed by atoms with Crippen molar-refractivity contribution in [1.29, 1.82) is 0 Å². The van der Waals surface area contributed by atoms with Crippen molar-refractivity contribution in [2.45, 2.75) is 63.8 Å². The predicted molar refractivity (Wildman–Crippen MR) is 84.2 cm³/mol. The molecule has 3 nitrogen and oxygen atoms in total. The van der Waals surface area contributed by atoms with Crippen LogP contribution in [-0.4, -0.2) is 16.4 Å². The Morgan fingerprint density at radius 2 is 1.85 bits per heavy atom. The number of fused-ring (bicyclic) bond motifs is 1. The third kappa shape index (κ3) is 2.36. The smallest absolute Gasteiger partial charge is 0.224 e. The monoisotopic (exact) mass is 294 g/mol. The summed E-state index contributed by atoms with van der Waals surface area (Å²) in [5, 5.41) is 3.26. The molecular weight excluding hydrogens is 268 g/mol. The lowest BCUT2D eigenvalue weighted by atomic mass is 9.75. The first-order chi connectivity index (χ1) is 9.57. The summed E-state index contributed by atoms with van der Waals surface area (Å²) in [4.78, 5) is 13.0. The zero-order valence-corrected chi connectivity index (χ0v) is 13.2. The van der Waals surface area contributed by atoms with Crippen molar-refractivity contribution in [3.63, 3.8) is 0 Å². The van der Waals surface area contributed by atoms with Crippen LogP contribution in [0.1, 0.15) is 58.3 Å². The van der Waals surface area contributed by atoms with Crippen molar-refractivity contribution in [3.05, 3.63) is 0 Å². The first kappa shape index (κ1) is 14.3. The van der Waals surface area contributed by atoms with Gasteiger partial charge < -0.3 is 11.1 Å². The zero-order chi connectivity index (χ0) is 14.3. The van der Waals surface area contributed by atoms with Gasteiger partial charge in [-0.15, -0.1) is 0 Å². The highest BCUT2D eigenvalue weighted by Crippen LogP contribution is 2.57. The second kappa shape index (κ2) is 5.28. The van der Waals surface area contributed by atoms with Crippen LogP contribution in [0.15, 0.2) is 0 Å². The molecule has 3 aliphatic carbocycles. The van der Waals surface area contributed by atoms with Gasteiger partial charge in [-0.3, -0.25) is 4.79 Å². The van der Waals surface area contributed by atoms with Gasteiger partial charge in [-0.1, -0.05) is 32.0 Å². The molecular formula is C16H26N2OS. The Balaban J connectivity index is 1.63. The van der Waals surface area contributed by atoms with Crippen molar-refractivity contribution in [2.75, 3.05) is 0 Å². The van der Waals surface area contributed by atoms with Gasteiger partial charge in [-0.2, -0.15) is 0 Å². The third-order valence-electron chi connectivity index (χ3n) is 6.08. The van der Waals surface area contributed by atoms with E-state index in [1.165, 1.54) is 25.7 Å². The molecule has 0 saturated heterocycles. The van der Waals surface area contributed by atoms with Crippen LogP contribution < -0.4 is 11.1 Å². The van der Waals surface area contributed by atoms with Crippen LogP contribution in [0.5, 0.6) is 0 Å². The Hall–Kier alpha value is -0.640. The summed E-state index contributed by atoms with van der Waals surface area (Å²) in [5.41, 5.74) is 5.60. The van der Waals surface area contributed by atoms with E-state index in [-0.39, 0.29) is 11.8 Å². The first-order valence-corrected chi connectivity index (χ1v) is 8.60. The molecule has 3 N–H and O–H groups in total. The van der Waals surface area contributed by atoms with Crippen molar-refractivity contribution in [1.82, 2.24) is 5.32 Å². The molecule has 0 radical (unpaired) electrons. The van der Waals surface area contributed by atoms with Crippen molar-refractivity contribution >= 4 is 23.1 Å². The van der Waals surface area contributed by atoms with Crippen molar-refractivity contribution < 1.29 is 4.79 Å². The fraction of sp³-hybridized carbons (Fsp3) is 0.875. The van der Waals surface area contributed by atoms with Crippen LogP contribution in [0.2, 0.25) is 0 Å². The maximum Gasteiger partial charge on any atom is 0.224 e. The molecule has 0 bridgehead atoms. The van der Waals surface area contributed by atoms with E-state index in [9.17, 15) is 4.79 Å². The molecule has 0 aromatic rings. The number of rotatable bonds is 4. The summed E-state index contributed by atoms with van der Waals surface area (Å²) in [6, 6.07) is 0. The average molecular weight is 294 g/mol. The second-order valence-electron chi connectivity index (χ2n) is 7.07. The molecule has 3 fully saturated rings. The van der Waals surface area contributed by atoms with E-state index in [0.29, 0.717) is 16.8 Å². The Morgan fingerprint density at radius 1 is 1.25 bits per heavy atom. The van der Waals surface area contributed by atoms with Gasteiger partial charge >= 0.3 is 0 Å². The number of amides is 1. The minimum Gasteiger partial charge on any atom is -0.391 e. The number of hydrogen-bond donors (Lipinski definition) is 2. The lowest BCUT2D eigenvalue weighted by molar-refractivity contribution is -0.124. The fourth-order valence-corrected chi connectivity index (χ4v) is 4.80. The summed E-state index contributed by atoms with van der Waals surface area (Å²) < 4.78 is 0. The topological polar surface area (TPSA) is 55.1 Å². The number of carbonyl (C=O) groups is 1. The predicted octanol–water partition coefficient (Wildman–Crippen LogP) is 2.77. The normalized spacial score (nSPS) is 42.9. The second-order valence-corrected chi connectivity index (χ2v) is 7.51. The number of carbonyl (C=O) groups excluding carboxylic acids is 1. The highest BCUT2D eigenvalue weighted by Gasteiger charge is 2.57. The standard InChI is InChI=1S/C16H26N2OS/c1-2-10-6-8-16(9-7-10,15(17)20)18-14(19)13-11-4-3-5-12(11)13/h10-13H,2-9H2,1H3,(H2,17,20)(H,18,19). The van der Waals surface area contributed by atoms with Gasteiger partial charge in [-0.25, -0.2) is 0 Å². The van der Waals surface area contributed by atoms with Crippen LogP contribution >= 0.6 is 12.2 Å². The number of nitrogens with two attached hydrogens (primary N) is 1. The molecule has 1 amide bonds. The van der Waals surface area contributed by atoms with E-state index >= 15 is 0 Å². The first-order valence-electron chi connectivity index (χ1n) is 8.19. The molecule has 3 aliphatic rings. The van der Waals surface area contributed by atoms with Crippen molar-refractivity contribution in [3.8, 4) is 0 Å². The summed E-state index contributed by atoms with van der Waals surface area (Å²) in [7, 11) is 0. The van der Waals surface area contributed by atoms with Gasteiger partial charge in [0.25, 0.3) is 0 Å². The Morgan fingerprint density at radius 3 is 2.35 bits per heavy atom. The molecule has 20 heavy (non-hydrogen) atoms. The van der Waals surface area contributed by atoms with Gasteiger partial charge in [0.05, 0.1) is 10.5 Å². The highest BCUT2D eigenvalue weighted by atomic mass is 32.1. The van der Waals surface area contributed by atoms with Crippen LogP contribution in [0, 0.1) is 23.7 Å². The van der Waals surface area contributed by atoms with Crippen LogP contribution in [-0.2, 0) is 4.79 Å². The van der Waals surface area contributed by atoms with Gasteiger partial charge in [0.15, 0.2) is 0 Å². The van der Waals surface area contributed by atoms with E-state index in [1.807, 2.05) is 0 Å². The number of hydrogen-bond acceptors (Lipinski definition) is 2. The van der Waals surface area contributed by atoms with Crippen molar-refractivity contribution in [2.24, 2.45) is 29.4 Å². The third-order valence-corrected chi connectivity index (χ3v) is 6.47. The number of nitrogens with one attached hydrogen (secondary N) is 1.